The van der Waals surface area contributed by atoms with E-state index in [9.17, 15) is 0 Å². The summed E-state index contributed by atoms with van der Waals surface area (Å²) >= 11 is 0. The lowest BCUT2D eigenvalue weighted by Crippen LogP contribution is -2.16. The number of furan rings is 1. The van der Waals surface area contributed by atoms with E-state index in [1.54, 1.807) is 0 Å². The third-order valence-electron chi connectivity index (χ3n) is 3.75. The minimum absolute atomic E-state index is 0.718. The van der Waals surface area contributed by atoms with E-state index in [1.165, 1.54) is 5.56 Å². The minimum Gasteiger partial charge on any atom is -0.460 e. The van der Waals surface area contributed by atoms with E-state index < -0.39 is 0 Å². The van der Waals surface area contributed by atoms with Gasteiger partial charge in [0.15, 0.2) is 0 Å². The highest BCUT2D eigenvalue weighted by Crippen LogP contribution is 2.21. The molecule has 0 aliphatic carbocycles. The Bertz CT molecular complexity index is 709. The van der Waals surface area contributed by atoms with Gasteiger partial charge in [0.25, 0.3) is 0 Å². The summed E-state index contributed by atoms with van der Waals surface area (Å²) in [4.78, 5) is 0. The maximum absolute atomic E-state index is 5.86. The van der Waals surface area contributed by atoms with Gasteiger partial charge in [-0.3, -0.25) is 0 Å². The van der Waals surface area contributed by atoms with Crippen LogP contribution in [0.2, 0.25) is 0 Å². The highest BCUT2D eigenvalue weighted by molar-refractivity contribution is 5.57. The summed E-state index contributed by atoms with van der Waals surface area (Å²) in [7, 11) is 0. The van der Waals surface area contributed by atoms with Gasteiger partial charge in [-0.05, 0) is 38.9 Å². The van der Waals surface area contributed by atoms with Crippen molar-refractivity contribution in [3.05, 3.63) is 65.2 Å². The lowest BCUT2D eigenvalue weighted by Gasteiger charge is -2.03. The first-order valence-corrected chi connectivity index (χ1v) is 7.50. The number of aromatic nitrogens is 1. The molecule has 0 aliphatic rings. The van der Waals surface area contributed by atoms with Gasteiger partial charge in [0.05, 0.1) is 12.2 Å². The smallest absolute Gasteiger partial charge is 0.137 e. The highest BCUT2D eigenvalue weighted by Gasteiger charge is 2.08. The molecule has 3 aromatic rings. The van der Waals surface area contributed by atoms with Crippen molar-refractivity contribution in [2.75, 3.05) is 6.54 Å². The molecule has 22 heavy (non-hydrogen) atoms. The number of hydrogen-bond donors (Lipinski definition) is 1. The molecular weight excluding hydrogens is 276 g/mol. The molecule has 0 spiro atoms. The molecule has 3 rings (SSSR count). The van der Waals surface area contributed by atoms with Crippen molar-refractivity contribution in [1.29, 1.82) is 0 Å². The van der Waals surface area contributed by atoms with Gasteiger partial charge in [-0.1, -0.05) is 35.5 Å². The highest BCUT2D eigenvalue weighted by atomic mass is 16.5. The van der Waals surface area contributed by atoms with Gasteiger partial charge in [0.2, 0.25) is 0 Å². The fraction of sp³-hybridized carbons (Fsp3) is 0.278. The molecule has 0 bridgehead atoms. The quantitative estimate of drug-likeness (QED) is 0.701. The fourth-order valence-corrected chi connectivity index (χ4v) is 2.51. The predicted molar refractivity (Wildman–Crippen MR) is 85.5 cm³/mol. The van der Waals surface area contributed by atoms with Crippen molar-refractivity contribution in [3.8, 4) is 11.3 Å². The summed E-state index contributed by atoms with van der Waals surface area (Å²) in [6.07, 6.45) is 0.910. The summed E-state index contributed by atoms with van der Waals surface area (Å²) in [6, 6.07) is 14.2. The van der Waals surface area contributed by atoms with Gasteiger partial charge in [-0.2, -0.15) is 0 Å². The van der Waals surface area contributed by atoms with Gasteiger partial charge in [-0.15, -0.1) is 0 Å². The molecule has 0 aliphatic heterocycles. The number of nitrogens with zero attached hydrogens (tertiary/aromatic N) is 1. The number of rotatable bonds is 6. The zero-order valence-corrected chi connectivity index (χ0v) is 12.9. The summed E-state index contributed by atoms with van der Waals surface area (Å²) in [6.45, 7) is 5.51. The van der Waals surface area contributed by atoms with Crippen molar-refractivity contribution in [2.24, 2.45) is 0 Å². The van der Waals surface area contributed by atoms with Crippen molar-refractivity contribution >= 4 is 0 Å². The Kier molecular flexibility index (Phi) is 4.39. The van der Waals surface area contributed by atoms with E-state index in [4.69, 9.17) is 8.94 Å². The van der Waals surface area contributed by atoms with Gasteiger partial charge in [0, 0.05) is 11.1 Å². The zero-order chi connectivity index (χ0) is 15.4. The molecule has 0 saturated heterocycles. The van der Waals surface area contributed by atoms with Crippen molar-refractivity contribution in [3.63, 3.8) is 0 Å². The van der Waals surface area contributed by atoms with E-state index >= 15 is 0 Å². The van der Waals surface area contributed by atoms with Crippen LogP contribution in [0.1, 0.15) is 22.8 Å². The van der Waals surface area contributed by atoms with Crippen LogP contribution >= 0.6 is 0 Å². The summed E-state index contributed by atoms with van der Waals surface area (Å²) in [5.74, 6) is 2.75. The number of aryl methyl sites for hydroxylation is 2. The van der Waals surface area contributed by atoms with Gasteiger partial charge < -0.3 is 14.3 Å². The molecule has 4 heteroatoms. The largest absolute Gasteiger partial charge is 0.460 e. The standard InChI is InChI=1S/C18H20N2O2/c1-13-17(14(2)22-20-13)10-11-19-12-16-8-9-18(21-16)15-6-4-3-5-7-15/h3-9,19H,10-12H2,1-2H3. The molecule has 0 atom stereocenters. The van der Waals surface area contributed by atoms with Crippen LogP contribution in [-0.2, 0) is 13.0 Å². The lowest BCUT2D eigenvalue weighted by molar-refractivity contribution is 0.392. The normalized spacial score (nSPS) is 11.0. The predicted octanol–water partition coefficient (Wildman–Crippen LogP) is 3.88. The van der Waals surface area contributed by atoms with Crippen LogP contribution in [-0.4, -0.2) is 11.7 Å². The maximum Gasteiger partial charge on any atom is 0.137 e. The van der Waals surface area contributed by atoms with E-state index in [2.05, 4.69) is 10.5 Å². The molecule has 0 amide bonds. The second-order valence-electron chi connectivity index (χ2n) is 5.36. The van der Waals surface area contributed by atoms with E-state index in [0.717, 1.165) is 48.0 Å². The van der Waals surface area contributed by atoms with Crippen LogP contribution in [0.5, 0.6) is 0 Å². The Morgan fingerprint density at radius 3 is 2.59 bits per heavy atom. The van der Waals surface area contributed by atoms with Crippen LogP contribution < -0.4 is 5.32 Å². The molecule has 2 heterocycles. The molecule has 0 fully saturated rings. The molecule has 0 unspecified atom stereocenters. The molecule has 2 aromatic heterocycles. The Hall–Kier alpha value is -2.33. The summed E-state index contributed by atoms with van der Waals surface area (Å²) < 4.78 is 11.0. The first-order chi connectivity index (χ1) is 10.7. The summed E-state index contributed by atoms with van der Waals surface area (Å²) in [5, 5.41) is 7.36. The minimum atomic E-state index is 0.718. The van der Waals surface area contributed by atoms with E-state index in [-0.39, 0.29) is 0 Å². The molecule has 0 saturated carbocycles. The average molecular weight is 296 g/mol. The van der Waals surface area contributed by atoms with Crippen LogP contribution in [0.25, 0.3) is 11.3 Å². The molecule has 4 nitrogen and oxygen atoms in total. The zero-order valence-electron chi connectivity index (χ0n) is 12.9. The average Bonchev–Trinajstić information content (AvgIpc) is 3.13. The molecule has 1 aromatic carbocycles. The Labute approximate surface area is 130 Å². The molecule has 1 N–H and O–H groups in total. The second-order valence-corrected chi connectivity index (χ2v) is 5.36. The number of benzene rings is 1. The number of nitrogens with one attached hydrogen (secondary N) is 1. The van der Waals surface area contributed by atoms with Crippen molar-refractivity contribution in [2.45, 2.75) is 26.8 Å². The van der Waals surface area contributed by atoms with E-state index in [0.29, 0.717) is 0 Å². The monoisotopic (exact) mass is 296 g/mol. The van der Waals surface area contributed by atoms with Crippen LogP contribution in [0.15, 0.2) is 51.4 Å². The third-order valence-corrected chi connectivity index (χ3v) is 3.75. The maximum atomic E-state index is 5.86. The van der Waals surface area contributed by atoms with Gasteiger partial charge in [-0.25, -0.2) is 0 Å². The summed E-state index contributed by atoms with van der Waals surface area (Å²) in [5.41, 5.74) is 3.27. The number of hydrogen-bond acceptors (Lipinski definition) is 4. The second kappa shape index (κ2) is 6.62. The topological polar surface area (TPSA) is 51.2 Å². The Morgan fingerprint density at radius 1 is 1.05 bits per heavy atom. The Balaban J connectivity index is 1.52. The lowest BCUT2D eigenvalue weighted by atomic mass is 10.1. The molecule has 114 valence electrons. The van der Waals surface area contributed by atoms with Crippen molar-refractivity contribution in [1.82, 2.24) is 10.5 Å². The first-order valence-electron chi connectivity index (χ1n) is 7.50. The van der Waals surface area contributed by atoms with Crippen LogP contribution in [0.4, 0.5) is 0 Å². The third kappa shape index (κ3) is 3.28. The SMILES string of the molecule is Cc1noc(C)c1CCNCc1ccc(-c2ccccc2)o1. The van der Waals surface area contributed by atoms with Gasteiger partial charge in [0.1, 0.15) is 17.3 Å². The van der Waals surface area contributed by atoms with E-state index in [1.807, 2.05) is 56.3 Å². The molecular formula is C18H20N2O2. The van der Waals surface area contributed by atoms with Gasteiger partial charge >= 0.3 is 0 Å². The Morgan fingerprint density at radius 2 is 1.86 bits per heavy atom. The molecule has 0 radical (unpaired) electrons. The first kappa shape index (κ1) is 14.6. The van der Waals surface area contributed by atoms with Crippen LogP contribution in [0, 0.1) is 13.8 Å². The van der Waals surface area contributed by atoms with Crippen molar-refractivity contribution < 1.29 is 8.94 Å². The van der Waals surface area contributed by atoms with Crippen LogP contribution in [0.3, 0.4) is 0 Å². The fourth-order valence-electron chi connectivity index (χ4n) is 2.51.